The van der Waals surface area contributed by atoms with E-state index in [2.05, 4.69) is 19.9 Å². The Morgan fingerprint density at radius 3 is 3.12 bits per heavy atom. The van der Waals surface area contributed by atoms with Gasteiger partial charge >= 0.3 is 11.8 Å². The number of carbonyl (C=O) groups is 1. The number of ether oxygens (including phenoxy) is 1. The number of aromatic amines is 2. The van der Waals surface area contributed by atoms with Crippen molar-refractivity contribution in [2.75, 3.05) is 7.11 Å². The van der Waals surface area contributed by atoms with Crippen LogP contribution >= 0.6 is 0 Å². The van der Waals surface area contributed by atoms with E-state index in [1.165, 1.54) is 19.2 Å². The molecule has 0 fully saturated rings. The maximum atomic E-state index is 12.9. The van der Waals surface area contributed by atoms with Crippen molar-refractivity contribution >= 4 is 5.97 Å². The van der Waals surface area contributed by atoms with Gasteiger partial charge in [-0.2, -0.15) is 0 Å². The Bertz CT molecular complexity index is 539. The van der Waals surface area contributed by atoms with Gasteiger partial charge in [-0.3, -0.25) is 0 Å². The molecule has 1 aromatic heterocycles. The molecule has 2 aromatic rings. The fraction of sp³-hybridized carbons (Fsp3) is 0.182. The number of H-pyrrole nitrogens is 2. The highest BCUT2D eigenvalue weighted by atomic mass is 19.1. The number of halogens is 1. The maximum absolute atomic E-state index is 12.9. The van der Waals surface area contributed by atoms with E-state index in [1.807, 2.05) is 0 Å². The van der Waals surface area contributed by atoms with E-state index in [1.54, 1.807) is 12.1 Å². The summed E-state index contributed by atoms with van der Waals surface area (Å²) in [6, 6.07) is 6.21. The predicted molar refractivity (Wildman–Crippen MR) is 55.7 cm³/mol. The Morgan fingerprint density at radius 1 is 1.59 bits per heavy atom. The first-order chi connectivity index (χ1) is 8.19. The van der Waals surface area contributed by atoms with Crippen LogP contribution in [0, 0.1) is 5.82 Å². The van der Waals surface area contributed by atoms with Crippen LogP contribution in [0.1, 0.15) is 22.0 Å². The number of methoxy groups -OCH3 is 1. The lowest BCUT2D eigenvalue weighted by Gasteiger charge is -1.95. The highest BCUT2D eigenvalue weighted by molar-refractivity contribution is 5.83. The normalized spacial score (nSPS) is 10.2. The van der Waals surface area contributed by atoms with Crippen LogP contribution < -0.4 is 4.98 Å². The number of esters is 1. The third-order valence-electron chi connectivity index (χ3n) is 2.22. The van der Waals surface area contributed by atoms with Gasteiger partial charge in [0.15, 0.2) is 0 Å². The van der Waals surface area contributed by atoms with Crippen LogP contribution in [0.3, 0.4) is 0 Å². The molecule has 2 N–H and O–H groups in total. The zero-order valence-electron chi connectivity index (χ0n) is 9.16. The van der Waals surface area contributed by atoms with Crippen LogP contribution in [0.15, 0.2) is 24.3 Å². The second-order valence-electron chi connectivity index (χ2n) is 3.47. The summed E-state index contributed by atoms with van der Waals surface area (Å²) in [4.78, 5) is 13.9. The number of hydrogen-bond donors (Lipinski definition) is 1. The smallest absolute Gasteiger partial charge is 0.411 e. The first kappa shape index (κ1) is 11.3. The number of hydrogen-bond acceptors (Lipinski definition) is 3. The highest BCUT2D eigenvalue weighted by Crippen LogP contribution is 2.06. The summed E-state index contributed by atoms with van der Waals surface area (Å²) in [6.07, 6.45) is 0.432. The molecule has 6 heteroatoms. The van der Waals surface area contributed by atoms with Crippen molar-refractivity contribution in [2.24, 2.45) is 0 Å². The first-order valence-electron chi connectivity index (χ1n) is 4.98. The zero-order valence-corrected chi connectivity index (χ0v) is 9.16. The summed E-state index contributed by atoms with van der Waals surface area (Å²) in [5.74, 6) is -0.142. The van der Waals surface area contributed by atoms with Crippen molar-refractivity contribution in [3.63, 3.8) is 0 Å². The minimum atomic E-state index is -0.549. The molecule has 0 aliphatic heterocycles. The van der Waals surface area contributed by atoms with Crippen LogP contribution in [-0.4, -0.2) is 23.3 Å². The SMILES string of the molecule is COC(=O)c1n[nH]c(Cc2cccc(F)c2)[nH+]1. The predicted octanol–water partition coefficient (Wildman–Crippen LogP) is 0.740. The number of carbonyl (C=O) groups excluding carboxylic acids is 1. The molecular weight excluding hydrogens is 225 g/mol. The molecule has 0 aliphatic carbocycles. The molecule has 0 radical (unpaired) electrons. The minimum Gasteiger partial charge on any atom is -0.461 e. The van der Waals surface area contributed by atoms with Crippen molar-refractivity contribution in [3.05, 3.63) is 47.3 Å². The van der Waals surface area contributed by atoms with Gasteiger partial charge in [0.2, 0.25) is 5.82 Å². The number of nitrogens with one attached hydrogen (secondary N) is 2. The molecule has 1 heterocycles. The van der Waals surface area contributed by atoms with Crippen molar-refractivity contribution in [1.29, 1.82) is 0 Å². The largest absolute Gasteiger partial charge is 0.461 e. The van der Waals surface area contributed by atoms with Crippen LogP contribution in [0.5, 0.6) is 0 Å². The van der Waals surface area contributed by atoms with Gasteiger partial charge in [0.25, 0.3) is 0 Å². The molecule has 0 amide bonds. The van der Waals surface area contributed by atoms with Gasteiger partial charge in [-0.15, -0.1) is 5.10 Å². The number of nitrogens with zero attached hydrogens (tertiary/aromatic N) is 1. The molecule has 0 spiro atoms. The second kappa shape index (κ2) is 4.73. The number of rotatable bonds is 3. The Morgan fingerprint density at radius 2 is 2.41 bits per heavy atom. The van der Waals surface area contributed by atoms with Crippen molar-refractivity contribution in [2.45, 2.75) is 6.42 Å². The molecule has 1 aromatic carbocycles. The van der Waals surface area contributed by atoms with Gasteiger partial charge in [0.1, 0.15) is 5.82 Å². The van der Waals surface area contributed by atoms with Gasteiger partial charge in [-0.05, 0) is 17.7 Å². The summed E-state index contributed by atoms with van der Waals surface area (Å²) in [5, 5.41) is 6.42. The Balaban J connectivity index is 2.14. The van der Waals surface area contributed by atoms with Crippen LogP contribution in [0.4, 0.5) is 4.39 Å². The van der Waals surface area contributed by atoms with Crippen molar-refractivity contribution < 1.29 is 18.9 Å². The molecule has 0 bridgehead atoms. The monoisotopic (exact) mass is 236 g/mol. The van der Waals surface area contributed by atoms with Crippen molar-refractivity contribution in [3.8, 4) is 0 Å². The molecule has 0 aliphatic rings. The number of benzene rings is 1. The molecule has 0 saturated heterocycles. The summed E-state index contributed by atoms with van der Waals surface area (Å²) < 4.78 is 17.5. The molecule has 17 heavy (non-hydrogen) atoms. The van der Waals surface area contributed by atoms with E-state index < -0.39 is 5.97 Å². The molecule has 0 atom stereocenters. The van der Waals surface area contributed by atoms with Gasteiger partial charge in [-0.1, -0.05) is 12.1 Å². The third kappa shape index (κ3) is 2.66. The quantitative estimate of drug-likeness (QED) is 0.799. The van der Waals surface area contributed by atoms with E-state index in [9.17, 15) is 9.18 Å². The summed E-state index contributed by atoms with van der Waals surface area (Å²) in [7, 11) is 1.27. The molecule has 2 rings (SSSR count). The maximum Gasteiger partial charge on any atom is 0.411 e. The van der Waals surface area contributed by atoms with Crippen LogP contribution in [0.2, 0.25) is 0 Å². The average molecular weight is 236 g/mol. The lowest BCUT2D eigenvalue weighted by Crippen LogP contribution is -2.18. The summed E-state index contributed by atoms with van der Waals surface area (Å²) in [6.45, 7) is 0. The van der Waals surface area contributed by atoms with E-state index in [0.717, 1.165) is 5.56 Å². The van der Waals surface area contributed by atoms with E-state index in [-0.39, 0.29) is 11.6 Å². The Labute approximate surface area is 96.6 Å². The van der Waals surface area contributed by atoms with Gasteiger partial charge in [-0.25, -0.2) is 14.2 Å². The standard InChI is InChI=1S/C11H10FN3O2/c1-17-11(16)10-13-9(14-15-10)6-7-3-2-4-8(12)5-7/h2-5H,6H2,1H3,(H,13,14,15)/p+1. The molecule has 0 saturated carbocycles. The third-order valence-corrected chi connectivity index (χ3v) is 2.22. The highest BCUT2D eigenvalue weighted by Gasteiger charge is 2.19. The Hall–Kier alpha value is -2.24. The lowest BCUT2D eigenvalue weighted by molar-refractivity contribution is -0.394. The van der Waals surface area contributed by atoms with E-state index >= 15 is 0 Å². The molecule has 5 nitrogen and oxygen atoms in total. The molecular formula is C11H11FN3O2+. The zero-order chi connectivity index (χ0) is 12.3. The average Bonchev–Trinajstić information content (AvgIpc) is 2.76. The topological polar surface area (TPSA) is 69.1 Å². The van der Waals surface area contributed by atoms with E-state index in [4.69, 9.17) is 0 Å². The van der Waals surface area contributed by atoms with Crippen LogP contribution in [-0.2, 0) is 11.2 Å². The van der Waals surface area contributed by atoms with Gasteiger partial charge < -0.3 is 4.74 Å². The lowest BCUT2D eigenvalue weighted by atomic mass is 10.1. The van der Waals surface area contributed by atoms with Crippen LogP contribution in [0.25, 0.3) is 0 Å². The van der Waals surface area contributed by atoms with E-state index in [0.29, 0.717) is 12.2 Å². The number of aromatic nitrogens is 3. The van der Waals surface area contributed by atoms with Gasteiger partial charge in [0.05, 0.1) is 18.6 Å². The fourth-order valence-electron chi connectivity index (χ4n) is 1.45. The summed E-state index contributed by atoms with van der Waals surface area (Å²) in [5.41, 5.74) is 0.779. The summed E-state index contributed by atoms with van der Waals surface area (Å²) >= 11 is 0. The first-order valence-corrected chi connectivity index (χ1v) is 4.98. The van der Waals surface area contributed by atoms with Crippen molar-refractivity contribution in [1.82, 2.24) is 10.2 Å². The fourth-order valence-corrected chi connectivity index (χ4v) is 1.45. The Kier molecular flexibility index (Phi) is 3.13. The molecule has 88 valence electrons. The second-order valence-corrected chi connectivity index (χ2v) is 3.47. The molecule has 0 unspecified atom stereocenters. The van der Waals surface area contributed by atoms with Gasteiger partial charge in [0, 0.05) is 0 Å². The minimum absolute atomic E-state index is 0.0962.